The molecule has 0 bridgehead atoms. The van der Waals surface area contributed by atoms with Crippen molar-refractivity contribution >= 4 is 12.1 Å². The standard InChI is InChI=1S/C15H21N3O3/c1-15-7-6-10-11(21-13(16)17-10)8-9(15)4-3-5-12(15)18-14(19)20-2/h3-5,10-12H,6-8H2,1-2H3,(H2,16,17)(H,18,19). The van der Waals surface area contributed by atoms with E-state index >= 15 is 0 Å². The maximum atomic E-state index is 11.6. The largest absolute Gasteiger partial charge is 0.460 e. The molecule has 114 valence electrons. The summed E-state index contributed by atoms with van der Waals surface area (Å²) in [5.74, 6) is 0. The SMILES string of the molecule is COC(=O)NC1C=CC=C2CC3OC(N)=NC3CCC21C. The Balaban J connectivity index is 1.84. The van der Waals surface area contributed by atoms with E-state index in [9.17, 15) is 4.79 Å². The molecule has 3 N–H and O–H groups in total. The number of amidine groups is 1. The first-order chi connectivity index (χ1) is 10.0. The summed E-state index contributed by atoms with van der Waals surface area (Å²) in [6.07, 6.45) is 8.33. The normalized spacial score (nSPS) is 37.3. The number of hydrogen-bond acceptors (Lipinski definition) is 5. The van der Waals surface area contributed by atoms with Crippen LogP contribution in [0.1, 0.15) is 26.2 Å². The summed E-state index contributed by atoms with van der Waals surface area (Å²) in [6.45, 7) is 2.18. The van der Waals surface area contributed by atoms with Gasteiger partial charge in [-0.05, 0) is 12.8 Å². The Morgan fingerprint density at radius 2 is 2.43 bits per heavy atom. The molecule has 6 nitrogen and oxygen atoms in total. The maximum absolute atomic E-state index is 11.6. The molecule has 21 heavy (non-hydrogen) atoms. The minimum absolute atomic E-state index is 0.0170. The third kappa shape index (κ3) is 2.39. The van der Waals surface area contributed by atoms with Crippen LogP contribution in [0.5, 0.6) is 0 Å². The number of allylic oxidation sites excluding steroid dienone is 2. The molecule has 3 aliphatic rings. The first-order valence-electron chi connectivity index (χ1n) is 7.25. The van der Waals surface area contributed by atoms with Crippen molar-refractivity contribution in [3.05, 3.63) is 23.8 Å². The predicted molar refractivity (Wildman–Crippen MR) is 78.8 cm³/mol. The van der Waals surface area contributed by atoms with E-state index in [1.165, 1.54) is 12.7 Å². The van der Waals surface area contributed by atoms with Crippen LogP contribution in [0.15, 0.2) is 28.8 Å². The van der Waals surface area contributed by atoms with Crippen molar-refractivity contribution in [1.82, 2.24) is 5.32 Å². The van der Waals surface area contributed by atoms with Crippen LogP contribution >= 0.6 is 0 Å². The van der Waals surface area contributed by atoms with Gasteiger partial charge in [-0.25, -0.2) is 9.79 Å². The number of alkyl carbamates (subject to hydrolysis) is 1. The predicted octanol–water partition coefficient (Wildman–Crippen LogP) is 1.48. The molecule has 0 radical (unpaired) electrons. The smallest absolute Gasteiger partial charge is 0.407 e. The van der Waals surface area contributed by atoms with Gasteiger partial charge in [0.25, 0.3) is 6.02 Å². The summed E-state index contributed by atoms with van der Waals surface area (Å²) in [5, 5.41) is 2.92. The van der Waals surface area contributed by atoms with E-state index in [0.717, 1.165) is 19.3 Å². The lowest BCUT2D eigenvalue weighted by atomic mass is 9.70. The summed E-state index contributed by atoms with van der Waals surface area (Å²) in [7, 11) is 1.38. The van der Waals surface area contributed by atoms with Gasteiger partial charge in [-0.2, -0.15) is 0 Å². The third-order valence-corrected chi connectivity index (χ3v) is 4.85. The van der Waals surface area contributed by atoms with Crippen molar-refractivity contribution < 1.29 is 14.3 Å². The van der Waals surface area contributed by atoms with E-state index in [1.54, 1.807) is 0 Å². The zero-order valence-electron chi connectivity index (χ0n) is 12.3. The highest BCUT2D eigenvalue weighted by molar-refractivity contribution is 5.73. The van der Waals surface area contributed by atoms with E-state index in [1.807, 2.05) is 12.2 Å². The van der Waals surface area contributed by atoms with Crippen LogP contribution in [0, 0.1) is 5.41 Å². The fourth-order valence-corrected chi connectivity index (χ4v) is 3.50. The Labute approximate surface area is 124 Å². The van der Waals surface area contributed by atoms with Gasteiger partial charge < -0.3 is 20.5 Å². The number of carbonyl (C=O) groups is 1. The summed E-state index contributed by atoms with van der Waals surface area (Å²) in [4.78, 5) is 15.9. The number of fused-ring (bicyclic) bond motifs is 2. The number of nitrogens with zero attached hydrogens (tertiary/aromatic N) is 1. The molecule has 4 atom stereocenters. The molecule has 3 rings (SSSR count). The van der Waals surface area contributed by atoms with Gasteiger partial charge in [0.1, 0.15) is 6.10 Å². The second-order valence-electron chi connectivity index (χ2n) is 6.04. The van der Waals surface area contributed by atoms with Crippen LogP contribution in [0.2, 0.25) is 0 Å². The Bertz CT molecular complexity index is 540. The van der Waals surface area contributed by atoms with E-state index in [4.69, 9.17) is 15.2 Å². The molecule has 1 fully saturated rings. The van der Waals surface area contributed by atoms with Crippen LogP contribution in [0.4, 0.5) is 4.79 Å². The Morgan fingerprint density at radius 1 is 1.62 bits per heavy atom. The lowest BCUT2D eigenvalue weighted by Crippen LogP contribution is -2.47. The highest BCUT2D eigenvalue weighted by atomic mass is 16.5. The minimum Gasteiger partial charge on any atom is -0.460 e. The number of ether oxygens (including phenoxy) is 2. The van der Waals surface area contributed by atoms with Crippen LogP contribution in [0.3, 0.4) is 0 Å². The fourth-order valence-electron chi connectivity index (χ4n) is 3.50. The molecule has 0 aromatic carbocycles. The van der Waals surface area contributed by atoms with E-state index in [2.05, 4.69) is 23.3 Å². The Hall–Kier alpha value is -1.98. The van der Waals surface area contributed by atoms with E-state index < -0.39 is 6.09 Å². The average molecular weight is 291 g/mol. The van der Waals surface area contributed by atoms with Crippen LogP contribution in [-0.4, -0.2) is 37.4 Å². The number of aliphatic imine (C=N–C) groups is 1. The van der Waals surface area contributed by atoms with Gasteiger partial charge in [0.2, 0.25) is 0 Å². The minimum atomic E-state index is -0.407. The Morgan fingerprint density at radius 3 is 3.19 bits per heavy atom. The zero-order valence-corrected chi connectivity index (χ0v) is 12.3. The van der Waals surface area contributed by atoms with Crippen molar-refractivity contribution in [2.24, 2.45) is 16.1 Å². The highest BCUT2D eigenvalue weighted by Crippen LogP contribution is 2.46. The van der Waals surface area contributed by atoms with E-state index in [-0.39, 0.29) is 23.6 Å². The molecule has 1 heterocycles. The second kappa shape index (κ2) is 5.09. The van der Waals surface area contributed by atoms with Gasteiger partial charge in [-0.1, -0.05) is 30.7 Å². The molecule has 6 heteroatoms. The van der Waals surface area contributed by atoms with Gasteiger partial charge in [0.15, 0.2) is 0 Å². The second-order valence-corrected chi connectivity index (χ2v) is 6.04. The molecule has 0 saturated heterocycles. The molecule has 1 saturated carbocycles. The number of rotatable bonds is 1. The topological polar surface area (TPSA) is 85.9 Å². The number of hydrogen-bond donors (Lipinski definition) is 2. The van der Waals surface area contributed by atoms with Gasteiger partial charge in [0.05, 0.1) is 19.2 Å². The number of nitrogens with two attached hydrogens (primary N) is 1. The molecule has 1 amide bonds. The molecular formula is C15H21N3O3. The molecule has 0 aromatic rings. The van der Waals surface area contributed by atoms with Crippen LogP contribution in [-0.2, 0) is 9.47 Å². The summed E-state index contributed by atoms with van der Waals surface area (Å²) in [6, 6.07) is 0.335. The zero-order chi connectivity index (χ0) is 15.0. The summed E-state index contributed by atoms with van der Waals surface area (Å²) >= 11 is 0. The first kappa shape index (κ1) is 14.0. The molecule has 0 aromatic heterocycles. The van der Waals surface area contributed by atoms with Crippen LogP contribution in [0.25, 0.3) is 0 Å². The van der Waals surface area contributed by atoms with Gasteiger partial charge in [-0.3, -0.25) is 0 Å². The van der Waals surface area contributed by atoms with Crippen LogP contribution < -0.4 is 11.1 Å². The van der Waals surface area contributed by atoms with Crippen molar-refractivity contribution in [3.63, 3.8) is 0 Å². The lowest BCUT2D eigenvalue weighted by molar-refractivity contribution is 0.158. The number of methoxy groups -OCH3 is 1. The fraction of sp³-hybridized carbons (Fsp3) is 0.600. The van der Waals surface area contributed by atoms with Gasteiger partial charge >= 0.3 is 6.09 Å². The average Bonchev–Trinajstić information content (AvgIpc) is 2.74. The first-order valence-corrected chi connectivity index (χ1v) is 7.25. The third-order valence-electron chi connectivity index (χ3n) is 4.85. The number of nitrogens with one attached hydrogen (secondary N) is 1. The summed E-state index contributed by atoms with van der Waals surface area (Å²) in [5.41, 5.74) is 6.81. The molecule has 1 aliphatic heterocycles. The number of amides is 1. The monoisotopic (exact) mass is 291 g/mol. The molecular weight excluding hydrogens is 270 g/mol. The lowest BCUT2D eigenvalue weighted by Gasteiger charge is -2.39. The van der Waals surface area contributed by atoms with Gasteiger partial charge in [-0.15, -0.1) is 0 Å². The van der Waals surface area contributed by atoms with Crippen molar-refractivity contribution in [2.75, 3.05) is 7.11 Å². The van der Waals surface area contributed by atoms with Crippen molar-refractivity contribution in [2.45, 2.75) is 44.4 Å². The summed E-state index contributed by atoms with van der Waals surface area (Å²) < 4.78 is 10.4. The van der Waals surface area contributed by atoms with Crippen molar-refractivity contribution in [1.29, 1.82) is 0 Å². The van der Waals surface area contributed by atoms with E-state index in [0.29, 0.717) is 6.02 Å². The quantitative estimate of drug-likeness (QED) is 0.766. The molecule has 2 aliphatic carbocycles. The highest BCUT2D eigenvalue weighted by Gasteiger charge is 2.45. The molecule has 0 spiro atoms. The maximum Gasteiger partial charge on any atom is 0.407 e. The Kier molecular flexibility index (Phi) is 3.39. The molecule has 4 unspecified atom stereocenters. The van der Waals surface area contributed by atoms with Crippen molar-refractivity contribution in [3.8, 4) is 0 Å². The van der Waals surface area contributed by atoms with Gasteiger partial charge in [0, 0.05) is 11.8 Å². The number of carbonyl (C=O) groups excluding carboxylic acids is 1.